The van der Waals surface area contributed by atoms with Crippen molar-refractivity contribution in [2.24, 2.45) is 5.10 Å². The summed E-state index contributed by atoms with van der Waals surface area (Å²) in [7, 11) is 1.49. The molecular weight excluding hydrogens is 334 g/mol. The lowest BCUT2D eigenvalue weighted by Crippen LogP contribution is -2.32. The van der Waals surface area contributed by atoms with Gasteiger partial charge in [-0.1, -0.05) is 17.7 Å². The van der Waals surface area contributed by atoms with Crippen LogP contribution in [0.3, 0.4) is 0 Å². The minimum absolute atomic E-state index is 0.0572. The number of methoxy groups -OCH3 is 1. The van der Waals surface area contributed by atoms with E-state index in [-0.39, 0.29) is 5.75 Å². The van der Waals surface area contributed by atoms with E-state index in [4.69, 9.17) is 16.3 Å². The topological polar surface area (TPSA) is 100 Å². The Morgan fingerprint density at radius 3 is 2.75 bits per heavy atom. The zero-order valence-corrected chi connectivity index (χ0v) is 13.4. The minimum atomic E-state index is -0.962. The summed E-state index contributed by atoms with van der Waals surface area (Å²) < 4.78 is 5.02. The molecule has 0 fully saturated rings. The van der Waals surface area contributed by atoms with E-state index in [0.29, 0.717) is 22.0 Å². The second-order valence-corrected chi connectivity index (χ2v) is 5.02. The molecule has 2 rings (SSSR count). The number of nitrogens with one attached hydrogen (secondary N) is 2. The fourth-order valence-electron chi connectivity index (χ4n) is 1.73. The second-order valence-electron chi connectivity index (χ2n) is 4.59. The molecule has 0 aliphatic carbocycles. The summed E-state index contributed by atoms with van der Waals surface area (Å²) in [4.78, 5) is 23.5. The van der Waals surface area contributed by atoms with E-state index in [9.17, 15) is 14.7 Å². The van der Waals surface area contributed by atoms with Gasteiger partial charge in [-0.3, -0.25) is 9.59 Å². The summed E-state index contributed by atoms with van der Waals surface area (Å²) in [6.07, 6.45) is 1.18. The molecule has 2 amide bonds. The number of benzene rings is 2. The summed E-state index contributed by atoms with van der Waals surface area (Å²) in [6.45, 7) is 0. The number of halogens is 1. The van der Waals surface area contributed by atoms with Gasteiger partial charge in [-0.2, -0.15) is 5.10 Å². The van der Waals surface area contributed by atoms with Crippen molar-refractivity contribution >= 4 is 35.3 Å². The molecule has 24 heavy (non-hydrogen) atoms. The Labute approximate surface area is 142 Å². The number of rotatable bonds is 4. The van der Waals surface area contributed by atoms with Gasteiger partial charge < -0.3 is 15.2 Å². The molecule has 3 N–H and O–H groups in total. The Balaban J connectivity index is 1.95. The monoisotopic (exact) mass is 347 g/mol. The highest BCUT2D eigenvalue weighted by Gasteiger charge is 2.13. The van der Waals surface area contributed by atoms with Crippen molar-refractivity contribution < 1.29 is 19.4 Å². The first-order valence-corrected chi connectivity index (χ1v) is 7.14. The molecule has 2 aromatic carbocycles. The molecule has 0 saturated carbocycles. The number of carbonyl (C=O) groups excluding carboxylic acids is 2. The quantitative estimate of drug-likeness (QED) is 0.448. The van der Waals surface area contributed by atoms with Crippen LogP contribution >= 0.6 is 11.6 Å². The third kappa shape index (κ3) is 4.72. The molecule has 124 valence electrons. The predicted octanol–water partition coefficient (Wildman–Crippen LogP) is 2.14. The zero-order valence-electron chi connectivity index (χ0n) is 12.6. The third-order valence-electron chi connectivity index (χ3n) is 2.89. The average Bonchev–Trinajstić information content (AvgIpc) is 2.58. The summed E-state index contributed by atoms with van der Waals surface area (Å²) >= 11 is 5.79. The number of phenolic OH excluding ortho intramolecular Hbond substituents is 1. The van der Waals surface area contributed by atoms with Gasteiger partial charge in [-0.15, -0.1) is 0 Å². The molecule has 2 aromatic rings. The van der Waals surface area contributed by atoms with E-state index in [1.807, 2.05) is 0 Å². The van der Waals surface area contributed by atoms with Crippen LogP contribution in [0.25, 0.3) is 0 Å². The summed E-state index contributed by atoms with van der Waals surface area (Å²) in [6, 6.07) is 10.9. The van der Waals surface area contributed by atoms with Gasteiger partial charge in [-0.25, -0.2) is 5.43 Å². The SMILES string of the molecule is COc1cccc(NC(=O)C(=O)N/N=C\c2cc(Cl)ccc2O)c1. The molecule has 0 aromatic heterocycles. The minimum Gasteiger partial charge on any atom is -0.507 e. The second kappa shape index (κ2) is 7.98. The van der Waals surface area contributed by atoms with Crippen molar-refractivity contribution in [2.75, 3.05) is 12.4 Å². The predicted molar refractivity (Wildman–Crippen MR) is 90.5 cm³/mol. The van der Waals surface area contributed by atoms with Gasteiger partial charge in [0, 0.05) is 22.3 Å². The van der Waals surface area contributed by atoms with E-state index in [1.165, 1.54) is 31.5 Å². The van der Waals surface area contributed by atoms with Gasteiger partial charge in [-0.05, 0) is 30.3 Å². The smallest absolute Gasteiger partial charge is 0.329 e. The number of ether oxygens (including phenoxy) is 1. The number of nitrogens with zero attached hydrogens (tertiary/aromatic N) is 1. The number of hydrogen-bond acceptors (Lipinski definition) is 5. The van der Waals surface area contributed by atoms with E-state index in [1.54, 1.807) is 24.3 Å². The van der Waals surface area contributed by atoms with Crippen LogP contribution in [0.5, 0.6) is 11.5 Å². The number of phenols is 1. The highest BCUT2D eigenvalue weighted by atomic mass is 35.5. The van der Waals surface area contributed by atoms with Gasteiger partial charge in [0.15, 0.2) is 0 Å². The molecular formula is C16H14ClN3O4. The van der Waals surface area contributed by atoms with E-state index in [2.05, 4.69) is 15.8 Å². The zero-order chi connectivity index (χ0) is 17.5. The fourth-order valence-corrected chi connectivity index (χ4v) is 1.91. The Morgan fingerprint density at radius 1 is 1.21 bits per heavy atom. The number of aromatic hydroxyl groups is 1. The number of amides is 2. The Kier molecular flexibility index (Phi) is 5.75. The number of anilines is 1. The molecule has 0 spiro atoms. The molecule has 0 aliphatic heterocycles. The van der Waals surface area contributed by atoms with Gasteiger partial charge >= 0.3 is 11.8 Å². The Bertz CT molecular complexity index is 793. The normalized spacial score (nSPS) is 10.4. The average molecular weight is 348 g/mol. The van der Waals surface area contributed by atoms with Crippen molar-refractivity contribution in [3.8, 4) is 11.5 Å². The lowest BCUT2D eigenvalue weighted by Gasteiger charge is -2.06. The van der Waals surface area contributed by atoms with Crippen LogP contribution < -0.4 is 15.5 Å². The molecule has 0 heterocycles. The Hall–Kier alpha value is -3.06. The first kappa shape index (κ1) is 17.3. The van der Waals surface area contributed by atoms with Crippen LogP contribution in [0.4, 0.5) is 5.69 Å². The van der Waals surface area contributed by atoms with Crippen LogP contribution in [0.2, 0.25) is 5.02 Å². The molecule has 7 nitrogen and oxygen atoms in total. The molecule has 0 aliphatic rings. The number of hydrazone groups is 1. The maximum atomic E-state index is 11.8. The maximum Gasteiger partial charge on any atom is 0.329 e. The van der Waals surface area contributed by atoms with Crippen molar-refractivity contribution in [2.45, 2.75) is 0 Å². The van der Waals surface area contributed by atoms with E-state index in [0.717, 1.165) is 0 Å². The first-order valence-electron chi connectivity index (χ1n) is 6.76. The van der Waals surface area contributed by atoms with E-state index >= 15 is 0 Å². The first-order chi connectivity index (χ1) is 11.5. The van der Waals surface area contributed by atoms with Crippen molar-refractivity contribution in [1.82, 2.24) is 5.43 Å². The summed E-state index contributed by atoms with van der Waals surface area (Å²) in [5.41, 5.74) is 2.77. The molecule has 0 saturated heterocycles. The van der Waals surface area contributed by atoms with Crippen molar-refractivity contribution in [3.63, 3.8) is 0 Å². The molecule has 0 atom stereocenters. The lowest BCUT2D eigenvalue weighted by molar-refractivity contribution is -0.136. The van der Waals surface area contributed by atoms with E-state index < -0.39 is 11.8 Å². The van der Waals surface area contributed by atoms with Gasteiger partial charge in [0.1, 0.15) is 11.5 Å². The lowest BCUT2D eigenvalue weighted by atomic mass is 10.2. The van der Waals surface area contributed by atoms with Gasteiger partial charge in [0.25, 0.3) is 0 Å². The molecule has 0 bridgehead atoms. The summed E-state index contributed by atoms with van der Waals surface area (Å²) in [5.74, 6) is -1.37. The highest BCUT2D eigenvalue weighted by molar-refractivity contribution is 6.39. The largest absolute Gasteiger partial charge is 0.507 e. The van der Waals surface area contributed by atoms with Crippen LogP contribution in [0.1, 0.15) is 5.56 Å². The van der Waals surface area contributed by atoms with Crippen molar-refractivity contribution in [3.05, 3.63) is 53.1 Å². The fraction of sp³-hybridized carbons (Fsp3) is 0.0625. The number of carbonyl (C=O) groups is 2. The molecule has 0 radical (unpaired) electrons. The molecule has 0 unspecified atom stereocenters. The maximum absolute atomic E-state index is 11.8. The van der Waals surface area contributed by atoms with Crippen LogP contribution in [-0.4, -0.2) is 30.2 Å². The highest BCUT2D eigenvalue weighted by Crippen LogP contribution is 2.19. The standard InChI is InChI=1S/C16H14ClN3O4/c1-24-13-4-2-3-12(8-13)19-15(22)16(23)20-18-9-10-7-11(17)5-6-14(10)21/h2-9,21H,1H3,(H,19,22)(H,20,23)/b18-9-. The van der Waals surface area contributed by atoms with Crippen LogP contribution in [-0.2, 0) is 9.59 Å². The van der Waals surface area contributed by atoms with Crippen LogP contribution in [0.15, 0.2) is 47.6 Å². The van der Waals surface area contributed by atoms with Crippen LogP contribution in [0, 0.1) is 0 Å². The third-order valence-corrected chi connectivity index (χ3v) is 3.13. The Morgan fingerprint density at radius 2 is 2.00 bits per heavy atom. The van der Waals surface area contributed by atoms with Gasteiger partial charge in [0.2, 0.25) is 0 Å². The van der Waals surface area contributed by atoms with Gasteiger partial charge in [0.05, 0.1) is 13.3 Å². The summed E-state index contributed by atoms with van der Waals surface area (Å²) in [5, 5.41) is 16.0. The van der Waals surface area contributed by atoms with Crippen molar-refractivity contribution in [1.29, 1.82) is 0 Å². The molecule has 8 heteroatoms. The number of hydrogen-bond donors (Lipinski definition) is 3.